The standard InChI is InChI=1S/C21H29N3O6S2/c1-4-11-23-32(28,29)19-9-10-20(17(3)14-19)30-15-21(25)22-12-13-24-31(26,27)18-7-5-16(2)6-8-18/h5-10,14,23-24H,4,11-13,15H2,1-3H3,(H,22,25). The van der Waals surface area contributed by atoms with Gasteiger partial charge in [-0.05, 0) is 56.2 Å². The molecule has 0 saturated heterocycles. The lowest BCUT2D eigenvalue weighted by Gasteiger charge is -2.12. The highest BCUT2D eigenvalue weighted by Gasteiger charge is 2.15. The monoisotopic (exact) mass is 483 g/mol. The molecule has 0 atom stereocenters. The minimum absolute atomic E-state index is 0.0261. The van der Waals surface area contributed by atoms with Gasteiger partial charge < -0.3 is 10.1 Å². The number of aryl methyl sites for hydroxylation is 2. The predicted molar refractivity (Wildman–Crippen MR) is 122 cm³/mol. The van der Waals surface area contributed by atoms with Crippen LogP contribution in [0.1, 0.15) is 24.5 Å². The molecule has 0 bridgehead atoms. The van der Waals surface area contributed by atoms with Crippen molar-refractivity contribution in [2.45, 2.75) is 37.0 Å². The van der Waals surface area contributed by atoms with Gasteiger partial charge in [0.2, 0.25) is 20.0 Å². The van der Waals surface area contributed by atoms with E-state index in [0.29, 0.717) is 24.3 Å². The summed E-state index contributed by atoms with van der Waals surface area (Å²) in [6, 6.07) is 10.8. The van der Waals surface area contributed by atoms with Crippen molar-refractivity contribution in [2.75, 3.05) is 26.2 Å². The quantitative estimate of drug-likeness (QED) is 0.392. The SMILES string of the molecule is CCCNS(=O)(=O)c1ccc(OCC(=O)NCCNS(=O)(=O)c2ccc(C)cc2)c(C)c1. The second kappa shape index (κ2) is 11.4. The third kappa shape index (κ3) is 7.59. The third-order valence-electron chi connectivity index (χ3n) is 4.43. The molecule has 0 aliphatic heterocycles. The molecule has 0 aliphatic carbocycles. The van der Waals surface area contributed by atoms with E-state index in [1.807, 2.05) is 13.8 Å². The highest BCUT2D eigenvalue weighted by Crippen LogP contribution is 2.21. The molecule has 9 nitrogen and oxygen atoms in total. The van der Waals surface area contributed by atoms with Gasteiger partial charge in [0, 0.05) is 19.6 Å². The minimum atomic E-state index is -3.64. The zero-order valence-corrected chi connectivity index (χ0v) is 20.0. The number of hydrogen-bond donors (Lipinski definition) is 3. The van der Waals surface area contributed by atoms with E-state index in [9.17, 15) is 21.6 Å². The maximum atomic E-state index is 12.2. The van der Waals surface area contributed by atoms with Gasteiger partial charge in [0.1, 0.15) is 5.75 Å². The van der Waals surface area contributed by atoms with Gasteiger partial charge in [-0.2, -0.15) is 0 Å². The van der Waals surface area contributed by atoms with Crippen LogP contribution in [0.2, 0.25) is 0 Å². The van der Waals surface area contributed by atoms with E-state index in [1.165, 1.54) is 30.3 Å². The Labute approximate surface area is 189 Å². The van der Waals surface area contributed by atoms with Crippen LogP contribution in [0.4, 0.5) is 0 Å². The van der Waals surface area contributed by atoms with Gasteiger partial charge in [-0.15, -0.1) is 0 Å². The fourth-order valence-electron chi connectivity index (χ4n) is 2.65. The Morgan fingerprint density at radius 3 is 2.06 bits per heavy atom. The molecule has 0 aromatic heterocycles. The lowest BCUT2D eigenvalue weighted by Crippen LogP contribution is -2.36. The fourth-order valence-corrected chi connectivity index (χ4v) is 4.90. The van der Waals surface area contributed by atoms with E-state index in [2.05, 4.69) is 14.8 Å². The van der Waals surface area contributed by atoms with Crippen molar-refractivity contribution in [3.63, 3.8) is 0 Å². The molecule has 0 spiro atoms. The van der Waals surface area contributed by atoms with Crippen LogP contribution in [-0.2, 0) is 24.8 Å². The van der Waals surface area contributed by atoms with Crippen molar-refractivity contribution in [3.05, 3.63) is 53.6 Å². The van der Waals surface area contributed by atoms with Crippen LogP contribution in [0.15, 0.2) is 52.3 Å². The van der Waals surface area contributed by atoms with Crippen molar-refractivity contribution >= 4 is 26.0 Å². The lowest BCUT2D eigenvalue weighted by molar-refractivity contribution is -0.123. The van der Waals surface area contributed by atoms with Crippen molar-refractivity contribution in [1.82, 2.24) is 14.8 Å². The Balaban J connectivity index is 1.80. The number of ether oxygens (including phenoxy) is 1. The van der Waals surface area contributed by atoms with Crippen molar-refractivity contribution < 1.29 is 26.4 Å². The Hall–Kier alpha value is -2.47. The van der Waals surface area contributed by atoms with Crippen LogP contribution in [0, 0.1) is 13.8 Å². The Bertz CT molecular complexity index is 1130. The van der Waals surface area contributed by atoms with Gasteiger partial charge in [-0.1, -0.05) is 24.6 Å². The van der Waals surface area contributed by atoms with E-state index in [0.717, 1.165) is 5.56 Å². The number of benzene rings is 2. The average Bonchev–Trinajstić information content (AvgIpc) is 2.74. The smallest absolute Gasteiger partial charge is 0.257 e. The molecule has 2 aromatic rings. The molecule has 176 valence electrons. The summed E-state index contributed by atoms with van der Waals surface area (Å²) in [4.78, 5) is 12.3. The van der Waals surface area contributed by atoms with Gasteiger partial charge in [0.15, 0.2) is 6.61 Å². The summed E-state index contributed by atoms with van der Waals surface area (Å²) in [7, 11) is -7.23. The Morgan fingerprint density at radius 2 is 1.44 bits per heavy atom. The minimum Gasteiger partial charge on any atom is -0.484 e. The number of carbonyl (C=O) groups excluding carboxylic acids is 1. The molecule has 3 N–H and O–H groups in total. The van der Waals surface area contributed by atoms with E-state index in [4.69, 9.17) is 4.74 Å². The average molecular weight is 484 g/mol. The van der Waals surface area contributed by atoms with E-state index in [-0.39, 0.29) is 29.5 Å². The molecule has 32 heavy (non-hydrogen) atoms. The van der Waals surface area contributed by atoms with Crippen LogP contribution in [-0.4, -0.2) is 49.0 Å². The maximum Gasteiger partial charge on any atom is 0.257 e. The first kappa shape index (κ1) is 25.8. The van der Waals surface area contributed by atoms with E-state index in [1.54, 1.807) is 19.1 Å². The predicted octanol–water partition coefficient (Wildman–Crippen LogP) is 1.47. The topological polar surface area (TPSA) is 131 Å². The summed E-state index contributed by atoms with van der Waals surface area (Å²) in [5, 5.41) is 2.57. The highest BCUT2D eigenvalue weighted by molar-refractivity contribution is 7.89. The molecule has 0 radical (unpaired) electrons. The number of hydrogen-bond acceptors (Lipinski definition) is 6. The summed E-state index contributed by atoms with van der Waals surface area (Å²) in [5.74, 6) is -0.0464. The first-order valence-electron chi connectivity index (χ1n) is 10.1. The largest absolute Gasteiger partial charge is 0.484 e. The second-order valence-electron chi connectivity index (χ2n) is 7.17. The Morgan fingerprint density at radius 1 is 0.844 bits per heavy atom. The number of sulfonamides is 2. The molecule has 2 rings (SSSR count). The van der Waals surface area contributed by atoms with Gasteiger partial charge in [-0.25, -0.2) is 26.3 Å². The summed E-state index contributed by atoms with van der Waals surface area (Å²) in [6.45, 7) is 5.60. The molecule has 1 amide bonds. The molecular weight excluding hydrogens is 454 g/mol. The summed E-state index contributed by atoms with van der Waals surface area (Å²) in [6.07, 6.45) is 0.682. The second-order valence-corrected chi connectivity index (χ2v) is 10.7. The molecule has 0 unspecified atom stereocenters. The van der Waals surface area contributed by atoms with Crippen LogP contribution < -0.4 is 19.5 Å². The highest BCUT2D eigenvalue weighted by atomic mass is 32.2. The normalized spacial score (nSPS) is 11.8. The van der Waals surface area contributed by atoms with Crippen molar-refractivity contribution in [1.29, 1.82) is 0 Å². The number of nitrogens with one attached hydrogen (secondary N) is 3. The van der Waals surface area contributed by atoms with Crippen molar-refractivity contribution in [2.24, 2.45) is 0 Å². The van der Waals surface area contributed by atoms with Crippen LogP contribution in [0.5, 0.6) is 5.75 Å². The van der Waals surface area contributed by atoms with Crippen LogP contribution in [0.3, 0.4) is 0 Å². The zero-order chi connectivity index (χ0) is 23.8. The molecule has 0 aliphatic rings. The van der Waals surface area contributed by atoms with E-state index < -0.39 is 26.0 Å². The summed E-state index contributed by atoms with van der Waals surface area (Å²) < 4.78 is 59.1. The van der Waals surface area contributed by atoms with Gasteiger partial charge >= 0.3 is 0 Å². The summed E-state index contributed by atoms with van der Waals surface area (Å²) >= 11 is 0. The van der Waals surface area contributed by atoms with Gasteiger partial charge in [-0.3, -0.25) is 4.79 Å². The molecule has 11 heteroatoms. The summed E-state index contributed by atoms with van der Waals surface area (Å²) in [5.41, 5.74) is 1.53. The van der Waals surface area contributed by atoms with Gasteiger partial charge in [0.25, 0.3) is 5.91 Å². The molecule has 0 fully saturated rings. The first-order chi connectivity index (χ1) is 15.0. The molecule has 0 saturated carbocycles. The fraction of sp³-hybridized carbons (Fsp3) is 0.381. The number of carbonyl (C=O) groups is 1. The van der Waals surface area contributed by atoms with Crippen molar-refractivity contribution in [3.8, 4) is 5.75 Å². The lowest BCUT2D eigenvalue weighted by atomic mass is 10.2. The third-order valence-corrected chi connectivity index (χ3v) is 7.36. The van der Waals surface area contributed by atoms with Crippen LogP contribution in [0.25, 0.3) is 0 Å². The maximum absolute atomic E-state index is 12.2. The Kier molecular flexibility index (Phi) is 9.20. The number of rotatable bonds is 12. The van der Waals surface area contributed by atoms with Gasteiger partial charge in [0.05, 0.1) is 9.79 Å². The molecular formula is C21H29N3O6S2. The zero-order valence-electron chi connectivity index (χ0n) is 18.3. The molecule has 0 heterocycles. The first-order valence-corrected chi connectivity index (χ1v) is 13.1. The molecule has 2 aromatic carbocycles. The van der Waals surface area contributed by atoms with Crippen LogP contribution >= 0.6 is 0 Å². The van der Waals surface area contributed by atoms with E-state index >= 15 is 0 Å². The number of amides is 1.